The van der Waals surface area contributed by atoms with E-state index in [4.69, 9.17) is 23.2 Å². The molecule has 108 valence electrons. The topological polar surface area (TPSA) is 24.9 Å². The smallest absolute Gasteiger partial charge is 0.0974 e. The maximum absolute atomic E-state index is 6.20. The molecule has 0 aliphatic carbocycles. The van der Waals surface area contributed by atoms with E-state index in [1.54, 1.807) is 11.3 Å². The van der Waals surface area contributed by atoms with Crippen molar-refractivity contribution in [3.05, 3.63) is 49.9 Å². The highest BCUT2D eigenvalue weighted by Gasteiger charge is 2.12. The highest BCUT2D eigenvalue weighted by molar-refractivity contribution is 7.09. The molecule has 0 spiro atoms. The van der Waals surface area contributed by atoms with Crippen LogP contribution < -0.4 is 5.32 Å². The van der Waals surface area contributed by atoms with Crippen molar-refractivity contribution in [2.75, 3.05) is 6.54 Å². The molecule has 0 saturated carbocycles. The normalized spacial score (nSPS) is 12.6. The average molecular weight is 329 g/mol. The second kappa shape index (κ2) is 7.41. The Morgan fingerprint density at radius 2 is 2.00 bits per heavy atom. The van der Waals surface area contributed by atoms with Gasteiger partial charge >= 0.3 is 0 Å². The summed E-state index contributed by atoms with van der Waals surface area (Å²) in [5.74, 6) is 0. The Morgan fingerprint density at radius 1 is 1.30 bits per heavy atom. The Morgan fingerprint density at radius 3 is 2.65 bits per heavy atom. The van der Waals surface area contributed by atoms with Crippen LogP contribution in [0.3, 0.4) is 0 Å². The molecule has 20 heavy (non-hydrogen) atoms. The molecule has 0 fully saturated rings. The quantitative estimate of drug-likeness (QED) is 0.797. The van der Waals surface area contributed by atoms with Gasteiger partial charge in [-0.3, -0.25) is 0 Å². The summed E-state index contributed by atoms with van der Waals surface area (Å²) in [6.07, 6.45) is 1.81. The van der Waals surface area contributed by atoms with Gasteiger partial charge in [-0.15, -0.1) is 11.3 Å². The van der Waals surface area contributed by atoms with Crippen molar-refractivity contribution < 1.29 is 0 Å². The van der Waals surface area contributed by atoms with Crippen molar-refractivity contribution in [2.45, 2.75) is 32.7 Å². The molecule has 0 amide bonds. The lowest BCUT2D eigenvalue weighted by Gasteiger charge is -2.09. The van der Waals surface area contributed by atoms with Crippen LogP contribution >= 0.6 is 34.5 Å². The summed E-state index contributed by atoms with van der Waals surface area (Å²) in [7, 11) is 0. The molecule has 5 heteroatoms. The van der Waals surface area contributed by atoms with Crippen molar-refractivity contribution >= 4 is 34.5 Å². The fraction of sp³-hybridized carbons (Fsp3) is 0.400. The van der Waals surface area contributed by atoms with Crippen LogP contribution in [0.25, 0.3) is 0 Å². The number of hydrogen-bond acceptors (Lipinski definition) is 3. The number of halogens is 2. The van der Waals surface area contributed by atoms with Crippen molar-refractivity contribution in [2.24, 2.45) is 0 Å². The molecule has 0 saturated heterocycles. The molecule has 1 aromatic heterocycles. The Labute approximate surface area is 134 Å². The lowest BCUT2D eigenvalue weighted by atomic mass is 10.1. The standard InChI is InChI=1S/C15H18Cl2N2S/c1-3-7-18-10(2)14-9-20-15(19-14)8-11-12(16)5-4-6-13(11)17/h4-6,9-10,18H,3,7-8H2,1-2H3. The molecule has 0 radical (unpaired) electrons. The Balaban J connectivity index is 2.10. The molecular weight excluding hydrogens is 311 g/mol. The molecular formula is C15H18Cl2N2S. The number of hydrogen-bond donors (Lipinski definition) is 1. The summed E-state index contributed by atoms with van der Waals surface area (Å²) >= 11 is 14.0. The number of rotatable bonds is 6. The lowest BCUT2D eigenvalue weighted by Crippen LogP contribution is -2.19. The van der Waals surface area contributed by atoms with E-state index in [1.807, 2.05) is 18.2 Å². The van der Waals surface area contributed by atoms with E-state index in [0.717, 1.165) is 29.2 Å². The maximum Gasteiger partial charge on any atom is 0.0974 e. The van der Waals surface area contributed by atoms with Gasteiger partial charge < -0.3 is 5.32 Å². The molecule has 2 rings (SSSR count). The van der Waals surface area contributed by atoms with Crippen LogP contribution in [0.5, 0.6) is 0 Å². The molecule has 1 heterocycles. The fourth-order valence-electron chi connectivity index (χ4n) is 1.92. The van der Waals surface area contributed by atoms with Gasteiger partial charge in [0.25, 0.3) is 0 Å². The van der Waals surface area contributed by atoms with Crippen LogP contribution in [-0.4, -0.2) is 11.5 Å². The summed E-state index contributed by atoms with van der Waals surface area (Å²) < 4.78 is 0. The molecule has 2 aromatic rings. The van der Waals surface area contributed by atoms with Crippen molar-refractivity contribution in [3.63, 3.8) is 0 Å². The highest BCUT2D eigenvalue weighted by atomic mass is 35.5. The molecule has 0 aliphatic rings. The first-order valence-electron chi connectivity index (χ1n) is 6.72. The number of aromatic nitrogens is 1. The minimum atomic E-state index is 0.279. The van der Waals surface area contributed by atoms with Gasteiger partial charge in [0.2, 0.25) is 0 Å². The van der Waals surface area contributed by atoms with Crippen LogP contribution in [0.1, 0.15) is 42.6 Å². The number of thiazole rings is 1. The molecule has 2 nitrogen and oxygen atoms in total. The first-order chi connectivity index (χ1) is 9.61. The van der Waals surface area contributed by atoms with Crippen LogP contribution in [0.4, 0.5) is 0 Å². The predicted molar refractivity (Wildman–Crippen MR) is 88.1 cm³/mol. The van der Waals surface area contributed by atoms with E-state index in [1.165, 1.54) is 0 Å². The van der Waals surface area contributed by atoms with Gasteiger partial charge in [0.05, 0.1) is 10.7 Å². The molecule has 1 N–H and O–H groups in total. The van der Waals surface area contributed by atoms with Gasteiger partial charge in [0, 0.05) is 27.9 Å². The van der Waals surface area contributed by atoms with Crippen LogP contribution in [-0.2, 0) is 6.42 Å². The zero-order chi connectivity index (χ0) is 14.5. The predicted octanol–water partition coefficient (Wildman–Crippen LogP) is 5.10. The third-order valence-corrected chi connectivity index (χ3v) is 4.68. The zero-order valence-corrected chi connectivity index (χ0v) is 13.9. The van der Waals surface area contributed by atoms with Crippen molar-refractivity contribution in [1.82, 2.24) is 10.3 Å². The van der Waals surface area contributed by atoms with E-state index in [0.29, 0.717) is 16.5 Å². The molecule has 0 bridgehead atoms. The van der Waals surface area contributed by atoms with E-state index in [9.17, 15) is 0 Å². The number of nitrogens with one attached hydrogen (secondary N) is 1. The van der Waals surface area contributed by atoms with Gasteiger partial charge in [-0.1, -0.05) is 36.2 Å². The largest absolute Gasteiger partial charge is 0.309 e. The van der Waals surface area contributed by atoms with E-state index >= 15 is 0 Å². The minimum absolute atomic E-state index is 0.279. The van der Waals surface area contributed by atoms with E-state index in [2.05, 4.69) is 29.5 Å². The molecule has 0 aliphatic heterocycles. The van der Waals surface area contributed by atoms with Crippen molar-refractivity contribution in [1.29, 1.82) is 0 Å². The van der Waals surface area contributed by atoms with Gasteiger partial charge in [0.1, 0.15) is 0 Å². The van der Waals surface area contributed by atoms with Gasteiger partial charge in [-0.25, -0.2) is 4.98 Å². The number of nitrogens with zero attached hydrogens (tertiary/aromatic N) is 1. The van der Waals surface area contributed by atoms with E-state index < -0.39 is 0 Å². The van der Waals surface area contributed by atoms with E-state index in [-0.39, 0.29) is 6.04 Å². The minimum Gasteiger partial charge on any atom is -0.309 e. The summed E-state index contributed by atoms with van der Waals surface area (Å²) in [4.78, 5) is 4.68. The Kier molecular flexibility index (Phi) is 5.85. The Bertz CT molecular complexity index is 549. The fourth-order valence-corrected chi connectivity index (χ4v) is 3.35. The molecule has 1 atom stereocenters. The molecule has 1 unspecified atom stereocenters. The van der Waals surface area contributed by atoms with Gasteiger partial charge in [-0.05, 0) is 37.6 Å². The monoisotopic (exact) mass is 328 g/mol. The Hall–Kier alpha value is -0.610. The average Bonchev–Trinajstić information content (AvgIpc) is 2.89. The zero-order valence-electron chi connectivity index (χ0n) is 11.6. The summed E-state index contributed by atoms with van der Waals surface area (Å²) in [5, 5.41) is 7.99. The number of benzene rings is 1. The second-order valence-electron chi connectivity index (χ2n) is 4.72. The summed E-state index contributed by atoms with van der Waals surface area (Å²) in [6.45, 7) is 5.30. The third kappa shape index (κ3) is 3.95. The highest BCUT2D eigenvalue weighted by Crippen LogP contribution is 2.28. The SMILES string of the molecule is CCCNC(C)c1csc(Cc2c(Cl)cccc2Cl)n1. The summed E-state index contributed by atoms with van der Waals surface area (Å²) in [5.41, 5.74) is 2.03. The van der Waals surface area contributed by atoms with Crippen LogP contribution in [0.2, 0.25) is 10.0 Å². The third-order valence-electron chi connectivity index (χ3n) is 3.10. The summed E-state index contributed by atoms with van der Waals surface area (Å²) in [6, 6.07) is 5.87. The molecule has 1 aromatic carbocycles. The van der Waals surface area contributed by atoms with Crippen LogP contribution in [0.15, 0.2) is 23.6 Å². The van der Waals surface area contributed by atoms with Crippen LogP contribution in [0, 0.1) is 0 Å². The maximum atomic E-state index is 6.20. The first-order valence-corrected chi connectivity index (χ1v) is 8.36. The van der Waals surface area contributed by atoms with Crippen molar-refractivity contribution in [3.8, 4) is 0 Å². The first kappa shape index (κ1) is 15.8. The van der Waals surface area contributed by atoms with Gasteiger partial charge in [-0.2, -0.15) is 0 Å². The van der Waals surface area contributed by atoms with Gasteiger partial charge in [0.15, 0.2) is 0 Å². The second-order valence-corrected chi connectivity index (χ2v) is 6.48. The lowest BCUT2D eigenvalue weighted by molar-refractivity contribution is 0.560.